The van der Waals surface area contributed by atoms with Crippen LogP contribution in [0.4, 0.5) is 0 Å². The first-order chi connectivity index (χ1) is 8.20. The van der Waals surface area contributed by atoms with Crippen LogP contribution in [0.2, 0.25) is 0 Å². The Bertz CT molecular complexity index is 546. The van der Waals surface area contributed by atoms with Gasteiger partial charge in [0.1, 0.15) is 0 Å². The van der Waals surface area contributed by atoms with Crippen LogP contribution in [0, 0.1) is 13.8 Å². The molecule has 86 valence electrons. The third-order valence-corrected chi connectivity index (χ3v) is 3.88. The molecule has 0 atom stereocenters. The van der Waals surface area contributed by atoms with Crippen molar-refractivity contribution in [2.45, 2.75) is 23.6 Å². The van der Waals surface area contributed by atoms with Gasteiger partial charge in [-0.3, -0.25) is 4.79 Å². The van der Waals surface area contributed by atoms with Crippen LogP contribution in [-0.4, -0.2) is 6.29 Å². The monoisotopic (exact) mass is 242 g/mol. The van der Waals surface area contributed by atoms with Crippen molar-refractivity contribution in [2.75, 3.05) is 0 Å². The van der Waals surface area contributed by atoms with Gasteiger partial charge in [0.05, 0.1) is 0 Å². The lowest BCUT2D eigenvalue weighted by molar-refractivity contribution is 0.112. The Balaban J connectivity index is 2.36. The second kappa shape index (κ2) is 5.19. The van der Waals surface area contributed by atoms with Crippen molar-refractivity contribution in [1.82, 2.24) is 0 Å². The van der Waals surface area contributed by atoms with Gasteiger partial charge in [0.15, 0.2) is 6.29 Å². The summed E-state index contributed by atoms with van der Waals surface area (Å²) in [7, 11) is 0. The summed E-state index contributed by atoms with van der Waals surface area (Å²) in [6.07, 6.45) is 0.924. The molecule has 0 amide bonds. The molecule has 0 aliphatic rings. The van der Waals surface area contributed by atoms with Crippen LogP contribution in [-0.2, 0) is 0 Å². The highest BCUT2D eigenvalue weighted by Gasteiger charge is 2.05. The highest BCUT2D eigenvalue weighted by atomic mass is 32.2. The Morgan fingerprint density at radius 2 is 1.76 bits per heavy atom. The van der Waals surface area contributed by atoms with E-state index in [-0.39, 0.29) is 0 Å². The summed E-state index contributed by atoms with van der Waals surface area (Å²) in [5.41, 5.74) is 3.11. The first-order valence-corrected chi connectivity index (χ1v) is 6.31. The Morgan fingerprint density at radius 1 is 1.00 bits per heavy atom. The van der Waals surface area contributed by atoms with Crippen LogP contribution < -0.4 is 0 Å². The van der Waals surface area contributed by atoms with Crippen LogP contribution in [0.15, 0.2) is 52.3 Å². The van der Waals surface area contributed by atoms with Gasteiger partial charge in [-0.1, -0.05) is 41.6 Å². The SMILES string of the molecule is Cc1ccc(Sc2ccccc2C)c(C=O)c1. The van der Waals surface area contributed by atoms with Gasteiger partial charge < -0.3 is 0 Å². The Morgan fingerprint density at radius 3 is 2.47 bits per heavy atom. The fourth-order valence-electron chi connectivity index (χ4n) is 1.64. The fourth-order valence-corrected chi connectivity index (χ4v) is 2.62. The van der Waals surface area contributed by atoms with Crippen LogP contribution in [0.1, 0.15) is 21.5 Å². The minimum Gasteiger partial charge on any atom is -0.298 e. The van der Waals surface area contributed by atoms with E-state index in [2.05, 4.69) is 19.1 Å². The Hall–Kier alpha value is -1.54. The summed E-state index contributed by atoms with van der Waals surface area (Å²) in [6.45, 7) is 4.08. The summed E-state index contributed by atoms with van der Waals surface area (Å²) >= 11 is 1.64. The lowest BCUT2D eigenvalue weighted by atomic mass is 10.2. The highest BCUT2D eigenvalue weighted by Crippen LogP contribution is 2.32. The van der Waals surface area contributed by atoms with E-state index in [9.17, 15) is 4.79 Å². The molecule has 0 aliphatic heterocycles. The Labute approximate surface area is 106 Å². The normalized spacial score (nSPS) is 10.2. The molecular weight excluding hydrogens is 228 g/mol. The second-order valence-corrected chi connectivity index (χ2v) is 5.11. The average Bonchev–Trinajstić information content (AvgIpc) is 2.34. The van der Waals surface area contributed by atoms with Crippen molar-refractivity contribution in [3.05, 3.63) is 59.2 Å². The lowest BCUT2D eigenvalue weighted by Gasteiger charge is -2.07. The number of benzene rings is 2. The minimum atomic E-state index is 0.762. The third kappa shape index (κ3) is 2.77. The zero-order valence-electron chi connectivity index (χ0n) is 9.94. The van der Waals surface area contributed by atoms with E-state index in [4.69, 9.17) is 0 Å². The molecular formula is C15H14OS. The van der Waals surface area contributed by atoms with E-state index in [0.717, 1.165) is 22.3 Å². The third-order valence-electron chi connectivity index (χ3n) is 2.61. The van der Waals surface area contributed by atoms with Gasteiger partial charge in [0.25, 0.3) is 0 Å². The van der Waals surface area contributed by atoms with E-state index < -0.39 is 0 Å². The largest absolute Gasteiger partial charge is 0.298 e. The smallest absolute Gasteiger partial charge is 0.151 e. The van der Waals surface area contributed by atoms with Crippen molar-refractivity contribution in [3.63, 3.8) is 0 Å². The van der Waals surface area contributed by atoms with Crippen molar-refractivity contribution < 1.29 is 4.79 Å². The molecule has 0 heterocycles. The maximum absolute atomic E-state index is 11.0. The summed E-state index contributed by atoms with van der Waals surface area (Å²) in [5.74, 6) is 0. The van der Waals surface area contributed by atoms with Gasteiger partial charge >= 0.3 is 0 Å². The van der Waals surface area contributed by atoms with Crippen molar-refractivity contribution in [3.8, 4) is 0 Å². The molecule has 2 aromatic rings. The topological polar surface area (TPSA) is 17.1 Å². The zero-order valence-corrected chi connectivity index (χ0v) is 10.8. The van der Waals surface area contributed by atoms with E-state index >= 15 is 0 Å². The molecule has 17 heavy (non-hydrogen) atoms. The molecule has 0 unspecified atom stereocenters. The number of carbonyl (C=O) groups is 1. The van der Waals surface area contributed by atoms with E-state index in [1.807, 2.05) is 37.3 Å². The van der Waals surface area contributed by atoms with E-state index in [1.165, 1.54) is 10.5 Å². The fraction of sp³-hybridized carbons (Fsp3) is 0.133. The molecule has 0 radical (unpaired) electrons. The number of hydrogen-bond donors (Lipinski definition) is 0. The lowest BCUT2D eigenvalue weighted by Crippen LogP contribution is -1.87. The molecule has 0 aliphatic carbocycles. The Kier molecular flexibility index (Phi) is 3.64. The first-order valence-electron chi connectivity index (χ1n) is 5.50. The van der Waals surface area contributed by atoms with Crippen molar-refractivity contribution in [1.29, 1.82) is 0 Å². The molecule has 0 bridgehead atoms. The molecule has 0 spiro atoms. The van der Waals surface area contributed by atoms with Gasteiger partial charge in [0.2, 0.25) is 0 Å². The molecule has 1 nitrogen and oxygen atoms in total. The minimum absolute atomic E-state index is 0.762. The van der Waals surface area contributed by atoms with Crippen LogP contribution in [0.3, 0.4) is 0 Å². The molecule has 0 saturated carbocycles. The van der Waals surface area contributed by atoms with Crippen molar-refractivity contribution >= 4 is 18.0 Å². The van der Waals surface area contributed by atoms with E-state index in [0.29, 0.717) is 0 Å². The maximum Gasteiger partial charge on any atom is 0.151 e. The molecule has 0 fully saturated rings. The van der Waals surface area contributed by atoms with Gasteiger partial charge in [-0.15, -0.1) is 0 Å². The maximum atomic E-state index is 11.0. The molecule has 2 heteroatoms. The van der Waals surface area contributed by atoms with Crippen LogP contribution in [0.25, 0.3) is 0 Å². The predicted octanol–water partition coefficient (Wildman–Crippen LogP) is 4.27. The number of aldehydes is 1. The van der Waals surface area contributed by atoms with Gasteiger partial charge in [-0.05, 0) is 37.6 Å². The van der Waals surface area contributed by atoms with Crippen LogP contribution in [0.5, 0.6) is 0 Å². The summed E-state index contributed by atoms with van der Waals surface area (Å²) < 4.78 is 0. The molecule has 0 saturated heterocycles. The quantitative estimate of drug-likeness (QED) is 0.748. The molecule has 0 aromatic heterocycles. The summed E-state index contributed by atoms with van der Waals surface area (Å²) in [6, 6.07) is 14.2. The zero-order chi connectivity index (χ0) is 12.3. The summed E-state index contributed by atoms with van der Waals surface area (Å²) in [4.78, 5) is 13.2. The average molecular weight is 242 g/mol. The first kappa shape index (κ1) is 11.9. The predicted molar refractivity (Wildman–Crippen MR) is 71.9 cm³/mol. The van der Waals surface area contributed by atoms with Gasteiger partial charge in [0, 0.05) is 15.4 Å². The van der Waals surface area contributed by atoms with Gasteiger partial charge in [-0.2, -0.15) is 0 Å². The molecule has 2 rings (SSSR count). The van der Waals surface area contributed by atoms with Crippen molar-refractivity contribution in [2.24, 2.45) is 0 Å². The number of hydrogen-bond acceptors (Lipinski definition) is 2. The number of rotatable bonds is 3. The molecule has 0 N–H and O–H groups in total. The number of aryl methyl sites for hydroxylation is 2. The highest BCUT2D eigenvalue weighted by molar-refractivity contribution is 7.99. The summed E-state index contributed by atoms with van der Waals surface area (Å²) in [5, 5.41) is 0. The number of carbonyl (C=O) groups excluding carboxylic acids is 1. The standard InChI is InChI=1S/C15H14OS/c1-11-7-8-15(13(9-11)10-16)17-14-6-4-3-5-12(14)2/h3-10H,1-2H3. The van der Waals surface area contributed by atoms with Crippen LogP contribution >= 0.6 is 11.8 Å². The van der Waals surface area contributed by atoms with E-state index in [1.54, 1.807) is 11.8 Å². The molecule has 2 aromatic carbocycles. The van der Waals surface area contributed by atoms with Gasteiger partial charge in [-0.25, -0.2) is 0 Å². The second-order valence-electron chi connectivity index (χ2n) is 4.03.